The highest BCUT2D eigenvalue weighted by Gasteiger charge is 2.30. The van der Waals surface area contributed by atoms with Gasteiger partial charge in [0.1, 0.15) is 5.82 Å². The number of nitrogen functional groups attached to an aromatic ring is 1. The third kappa shape index (κ3) is 3.06. The van der Waals surface area contributed by atoms with Gasteiger partial charge in [0.15, 0.2) is 0 Å². The Labute approximate surface area is 118 Å². The topological polar surface area (TPSA) is 59.1 Å². The molecule has 0 aliphatic rings. The van der Waals surface area contributed by atoms with Gasteiger partial charge in [0, 0.05) is 18.2 Å². The summed E-state index contributed by atoms with van der Waals surface area (Å²) in [5, 5.41) is 11.3. The zero-order chi connectivity index (χ0) is 13.9. The number of rotatable bonds is 4. The lowest BCUT2D eigenvalue weighted by molar-refractivity contribution is 0.0332. The molecule has 0 radical (unpaired) electrons. The highest BCUT2D eigenvalue weighted by atomic mass is 35.5. The average Bonchev–Trinajstić information content (AvgIpc) is 2.42. The molecule has 3 nitrogen and oxygen atoms in total. The fourth-order valence-electron chi connectivity index (χ4n) is 2.17. The van der Waals surface area contributed by atoms with Crippen molar-refractivity contribution < 1.29 is 5.11 Å². The highest BCUT2D eigenvalue weighted by Crippen LogP contribution is 2.33. The first-order valence-electron chi connectivity index (χ1n) is 6.23. The molecule has 1 atom stereocenters. The van der Waals surface area contributed by atoms with E-state index >= 15 is 0 Å². The number of halogens is 1. The van der Waals surface area contributed by atoms with Crippen molar-refractivity contribution in [3.8, 4) is 0 Å². The van der Waals surface area contributed by atoms with E-state index in [0.29, 0.717) is 29.2 Å². The van der Waals surface area contributed by atoms with Crippen LogP contribution in [0.25, 0.3) is 0 Å². The van der Waals surface area contributed by atoms with Crippen LogP contribution in [0.5, 0.6) is 0 Å². The van der Waals surface area contributed by atoms with E-state index in [1.807, 2.05) is 37.3 Å². The van der Waals surface area contributed by atoms with Gasteiger partial charge in [0.05, 0.1) is 10.6 Å². The van der Waals surface area contributed by atoms with Gasteiger partial charge in [-0.05, 0) is 18.1 Å². The summed E-state index contributed by atoms with van der Waals surface area (Å²) in [5.74, 6) is 0.324. The summed E-state index contributed by atoms with van der Waals surface area (Å²) in [6, 6.07) is 11.5. The highest BCUT2D eigenvalue weighted by molar-refractivity contribution is 6.30. The maximum atomic E-state index is 10.9. The van der Waals surface area contributed by atoms with Crippen molar-refractivity contribution in [2.75, 3.05) is 5.73 Å². The number of aromatic nitrogens is 1. The van der Waals surface area contributed by atoms with Crippen molar-refractivity contribution in [2.24, 2.45) is 0 Å². The molecule has 4 heteroatoms. The molecule has 0 fully saturated rings. The molecule has 1 aromatic heterocycles. The molecule has 2 aromatic rings. The van der Waals surface area contributed by atoms with Gasteiger partial charge < -0.3 is 10.8 Å². The summed E-state index contributed by atoms with van der Waals surface area (Å²) in [6.07, 6.45) is 2.50. The molecular formula is C15H17ClN2O. The van der Waals surface area contributed by atoms with Gasteiger partial charge in [0.25, 0.3) is 0 Å². The molecule has 1 aromatic carbocycles. The number of benzene rings is 1. The first kappa shape index (κ1) is 13.8. The number of hydrogen-bond acceptors (Lipinski definition) is 3. The number of nitrogens with two attached hydrogens (primary N) is 1. The van der Waals surface area contributed by atoms with Crippen LogP contribution in [0.2, 0.25) is 5.02 Å². The molecule has 0 bridgehead atoms. The summed E-state index contributed by atoms with van der Waals surface area (Å²) in [4.78, 5) is 4.02. The van der Waals surface area contributed by atoms with Crippen molar-refractivity contribution >= 4 is 17.4 Å². The van der Waals surface area contributed by atoms with E-state index in [2.05, 4.69) is 4.98 Å². The lowest BCUT2D eigenvalue weighted by Crippen LogP contribution is -2.29. The number of pyridine rings is 1. The van der Waals surface area contributed by atoms with Gasteiger partial charge in [-0.1, -0.05) is 48.9 Å². The van der Waals surface area contributed by atoms with Crippen LogP contribution in [-0.4, -0.2) is 10.1 Å². The molecule has 0 saturated heterocycles. The number of hydrogen-bond donors (Lipinski definition) is 2. The van der Waals surface area contributed by atoms with Crippen LogP contribution in [0.3, 0.4) is 0 Å². The van der Waals surface area contributed by atoms with Crippen molar-refractivity contribution in [3.05, 3.63) is 58.7 Å². The van der Waals surface area contributed by atoms with Crippen LogP contribution in [0.4, 0.5) is 5.82 Å². The third-order valence-electron chi connectivity index (χ3n) is 3.31. The number of anilines is 1. The van der Waals surface area contributed by atoms with Gasteiger partial charge in [-0.25, -0.2) is 4.98 Å². The average molecular weight is 277 g/mol. The Balaban J connectivity index is 2.39. The van der Waals surface area contributed by atoms with Crippen LogP contribution in [-0.2, 0) is 12.0 Å². The minimum absolute atomic E-state index is 0.324. The van der Waals surface area contributed by atoms with Gasteiger partial charge in [0.2, 0.25) is 0 Å². The van der Waals surface area contributed by atoms with Crippen LogP contribution >= 0.6 is 11.6 Å². The van der Waals surface area contributed by atoms with Gasteiger partial charge in [-0.3, -0.25) is 0 Å². The summed E-state index contributed by atoms with van der Waals surface area (Å²) in [6.45, 7) is 1.92. The monoisotopic (exact) mass is 276 g/mol. The smallest absolute Gasteiger partial charge is 0.129 e. The van der Waals surface area contributed by atoms with E-state index in [9.17, 15) is 5.11 Å². The normalized spacial score (nSPS) is 14.1. The van der Waals surface area contributed by atoms with E-state index in [4.69, 9.17) is 17.3 Å². The number of aliphatic hydroxyl groups is 1. The van der Waals surface area contributed by atoms with E-state index in [0.717, 1.165) is 5.56 Å². The quantitative estimate of drug-likeness (QED) is 0.902. The lowest BCUT2D eigenvalue weighted by Gasteiger charge is -2.28. The number of nitrogens with zero attached hydrogens (tertiary/aromatic N) is 1. The minimum Gasteiger partial charge on any atom is -0.385 e. The Morgan fingerprint density at radius 3 is 2.63 bits per heavy atom. The van der Waals surface area contributed by atoms with E-state index in [-0.39, 0.29) is 0 Å². The largest absolute Gasteiger partial charge is 0.385 e. The van der Waals surface area contributed by atoms with E-state index in [1.165, 1.54) is 6.20 Å². The summed E-state index contributed by atoms with van der Waals surface area (Å²) >= 11 is 5.95. The predicted octanol–water partition coefficient (Wildman–Crippen LogP) is 3.16. The Morgan fingerprint density at radius 2 is 2.00 bits per heavy atom. The van der Waals surface area contributed by atoms with Gasteiger partial charge in [-0.2, -0.15) is 0 Å². The zero-order valence-electron chi connectivity index (χ0n) is 10.8. The summed E-state index contributed by atoms with van der Waals surface area (Å²) in [7, 11) is 0. The van der Waals surface area contributed by atoms with E-state index < -0.39 is 5.60 Å². The molecule has 1 unspecified atom stereocenters. The molecule has 3 N–H and O–H groups in total. The molecule has 0 aliphatic heterocycles. The van der Waals surface area contributed by atoms with Crippen molar-refractivity contribution in [2.45, 2.75) is 25.4 Å². The second-order valence-electron chi connectivity index (χ2n) is 4.63. The standard InChI is InChI=1S/C15H17ClN2O/c1-2-15(19,9-11-6-4-3-5-7-11)13-8-12(16)10-18-14(13)17/h3-8,10,19H,2,9H2,1H3,(H2,17,18). The Hall–Kier alpha value is -1.58. The fraction of sp³-hybridized carbons (Fsp3) is 0.267. The molecule has 19 heavy (non-hydrogen) atoms. The first-order chi connectivity index (χ1) is 9.05. The Morgan fingerprint density at radius 1 is 1.32 bits per heavy atom. The van der Waals surface area contributed by atoms with Crippen LogP contribution in [0.15, 0.2) is 42.6 Å². The van der Waals surface area contributed by atoms with Gasteiger partial charge in [-0.15, -0.1) is 0 Å². The van der Waals surface area contributed by atoms with Crippen LogP contribution in [0.1, 0.15) is 24.5 Å². The molecule has 100 valence electrons. The summed E-state index contributed by atoms with van der Waals surface area (Å²) in [5.41, 5.74) is 6.46. The molecule has 0 spiro atoms. The third-order valence-corrected chi connectivity index (χ3v) is 3.52. The first-order valence-corrected chi connectivity index (χ1v) is 6.61. The Bertz CT molecular complexity index is 559. The predicted molar refractivity (Wildman–Crippen MR) is 78.0 cm³/mol. The van der Waals surface area contributed by atoms with Crippen LogP contribution < -0.4 is 5.73 Å². The molecular weight excluding hydrogens is 260 g/mol. The lowest BCUT2D eigenvalue weighted by atomic mass is 9.85. The fourth-order valence-corrected chi connectivity index (χ4v) is 2.32. The molecule has 0 aliphatic carbocycles. The van der Waals surface area contributed by atoms with Gasteiger partial charge >= 0.3 is 0 Å². The Kier molecular flexibility index (Phi) is 4.08. The molecule has 0 amide bonds. The zero-order valence-corrected chi connectivity index (χ0v) is 11.6. The second-order valence-corrected chi connectivity index (χ2v) is 5.07. The SMILES string of the molecule is CCC(O)(Cc1ccccc1)c1cc(Cl)cnc1N. The second kappa shape index (κ2) is 5.59. The maximum Gasteiger partial charge on any atom is 0.129 e. The van der Waals surface area contributed by atoms with E-state index in [1.54, 1.807) is 6.07 Å². The maximum absolute atomic E-state index is 10.9. The summed E-state index contributed by atoms with van der Waals surface area (Å²) < 4.78 is 0. The van der Waals surface area contributed by atoms with Crippen LogP contribution in [0, 0.1) is 0 Å². The molecule has 2 rings (SSSR count). The van der Waals surface area contributed by atoms with Crippen molar-refractivity contribution in [1.82, 2.24) is 4.98 Å². The molecule has 1 heterocycles. The minimum atomic E-state index is -1.05. The van der Waals surface area contributed by atoms with Crippen molar-refractivity contribution in [1.29, 1.82) is 0 Å². The molecule has 0 saturated carbocycles. The van der Waals surface area contributed by atoms with Crippen molar-refractivity contribution in [3.63, 3.8) is 0 Å².